The minimum absolute atomic E-state index is 0.276. The summed E-state index contributed by atoms with van der Waals surface area (Å²) in [7, 11) is 3.44. The van der Waals surface area contributed by atoms with E-state index in [1.165, 1.54) is 0 Å². The van der Waals surface area contributed by atoms with E-state index in [1.54, 1.807) is 30.3 Å². The van der Waals surface area contributed by atoms with Gasteiger partial charge in [-0.2, -0.15) is 10.2 Å². The third-order valence-corrected chi connectivity index (χ3v) is 4.50. The second-order valence-corrected chi connectivity index (χ2v) is 6.73. The van der Waals surface area contributed by atoms with Gasteiger partial charge in [-0.3, -0.25) is 15.1 Å². The van der Waals surface area contributed by atoms with Gasteiger partial charge in [0.2, 0.25) is 0 Å². The van der Waals surface area contributed by atoms with E-state index in [1.807, 2.05) is 43.6 Å². The number of pyridine rings is 1. The minimum atomic E-state index is -0.374. The average Bonchev–Trinajstić information content (AvgIpc) is 3.34. The third-order valence-electron chi connectivity index (χ3n) is 4.50. The number of carbonyl (C=O) groups is 1. The normalized spacial score (nSPS) is 11.9. The maximum Gasteiger partial charge on any atom is 0.320 e. The van der Waals surface area contributed by atoms with E-state index in [-0.39, 0.29) is 12.1 Å². The number of nitrogens with one attached hydrogen (secondary N) is 4. The Hall–Kier alpha value is -3.92. The number of ether oxygens (including phenoxy) is 1. The number of H-pyrrole nitrogens is 1. The Labute approximate surface area is 172 Å². The predicted molar refractivity (Wildman–Crippen MR) is 114 cm³/mol. The number of aromatic nitrogens is 5. The Morgan fingerprint density at radius 1 is 1.27 bits per heavy atom. The number of amides is 2. The first-order chi connectivity index (χ1) is 14.6. The Kier molecular flexibility index (Phi) is 5.57. The molecule has 10 nitrogen and oxygen atoms in total. The van der Waals surface area contributed by atoms with Crippen LogP contribution < -0.4 is 16.0 Å². The van der Waals surface area contributed by atoms with Crippen LogP contribution in [0.4, 0.5) is 22.1 Å². The molecule has 0 unspecified atom stereocenters. The number of aryl methyl sites for hydroxylation is 1. The molecule has 154 valence electrons. The second-order valence-electron chi connectivity index (χ2n) is 6.73. The van der Waals surface area contributed by atoms with Crippen molar-refractivity contribution in [2.24, 2.45) is 7.05 Å². The molecule has 1 aromatic carbocycles. The monoisotopic (exact) mass is 406 g/mol. The highest BCUT2D eigenvalue weighted by Crippen LogP contribution is 2.24. The summed E-state index contributed by atoms with van der Waals surface area (Å²) in [5, 5.41) is 21.0. The van der Waals surface area contributed by atoms with Gasteiger partial charge in [0.1, 0.15) is 5.82 Å². The van der Waals surface area contributed by atoms with Gasteiger partial charge in [-0.1, -0.05) is 30.3 Å². The summed E-state index contributed by atoms with van der Waals surface area (Å²) in [4.78, 5) is 16.8. The SMILES string of the molecule is COC[C@@H](NC(=O)Nc1cc2[nH]nc(Nc3cnn(C)c3)c2cn1)c1ccccc1. The van der Waals surface area contributed by atoms with Crippen LogP contribution in [0.25, 0.3) is 10.9 Å². The van der Waals surface area contributed by atoms with Crippen LogP contribution in [0.3, 0.4) is 0 Å². The van der Waals surface area contributed by atoms with Gasteiger partial charge in [0, 0.05) is 32.6 Å². The Morgan fingerprint density at radius 3 is 2.83 bits per heavy atom. The van der Waals surface area contributed by atoms with Crippen molar-refractivity contribution in [1.29, 1.82) is 0 Å². The van der Waals surface area contributed by atoms with E-state index in [0.717, 1.165) is 22.2 Å². The molecule has 0 aliphatic heterocycles. The van der Waals surface area contributed by atoms with Gasteiger partial charge in [-0.05, 0) is 5.56 Å². The molecule has 0 fully saturated rings. The minimum Gasteiger partial charge on any atom is -0.382 e. The summed E-state index contributed by atoms with van der Waals surface area (Å²) in [5.74, 6) is 1.03. The van der Waals surface area contributed by atoms with Crippen LogP contribution in [0, 0.1) is 0 Å². The van der Waals surface area contributed by atoms with E-state index >= 15 is 0 Å². The van der Waals surface area contributed by atoms with Crippen molar-refractivity contribution in [2.75, 3.05) is 24.4 Å². The maximum atomic E-state index is 12.5. The van der Waals surface area contributed by atoms with Crippen LogP contribution in [0.5, 0.6) is 0 Å². The number of methoxy groups -OCH3 is 1. The molecule has 30 heavy (non-hydrogen) atoms. The summed E-state index contributed by atoms with van der Waals surface area (Å²) in [5.41, 5.74) is 2.51. The van der Waals surface area contributed by atoms with E-state index in [2.05, 4.69) is 36.2 Å². The van der Waals surface area contributed by atoms with E-state index < -0.39 is 0 Å². The molecule has 2 amide bonds. The smallest absolute Gasteiger partial charge is 0.320 e. The molecule has 3 heterocycles. The van der Waals surface area contributed by atoms with Crippen molar-refractivity contribution in [3.8, 4) is 0 Å². The van der Waals surface area contributed by atoms with Gasteiger partial charge in [0.25, 0.3) is 0 Å². The number of benzene rings is 1. The quantitative estimate of drug-likeness (QED) is 0.374. The molecule has 0 aliphatic carbocycles. The van der Waals surface area contributed by atoms with Gasteiger partial charge in [0.15, 0.2) is 5.82 Å². The highest BCUT2D eigenvalue weighted by Gasteiger charge is 2.15. The number of hydrogen-bond donors (Lipinski definition) is 4. The fourth-order valence-corrected chi connectivity index (χ4v) is 3.08. The summed E-state index contributed by atoms with van der Waals surface area (Å²) in [6, 6.07) is 10.7. The van der Waals surface area contributed by atoms with Crippen molar-refractivity contribution in [3.63, 3.8) is 0 Å². The summed E-state index contributed by atoms with van der Waals surface area (Å²) >= 11 is 0. The first-order valence-corrected chi connectivity index (χ1v) is 9.33. The zero-order valence-corrected chi connectivity index (χ0v) is 16.6. The van der Waals surface area contributed by atoms with Crippen LogP contribution in [0.15, 0.2) is 55.0 Å². The number of rotatable bonds is 7. The second kappa shape index (κ2) is 8.62. The summed E-state index contributed by atoms with van der Waals surface area (Å²) in [6.07, 6.45) is 5.20. The molecule has 0 aliphatic rings. The number of fused-ring (bicyclic) bond motifs is 1. The molecule has 4 N–H and O–H groups in total. The average molecular weight is 406 g/mol. The van der Waals surface area contributed by atoms with E-state index in [4.69, 9.17) is 4.74 Å². The molecule has 0 bridgehead atoms. The number of nitrogens with zero attached hydrogens (tertiary/aromatic N) is 4. The Morgan fingerprint density at radius 2 is 2.10 bits per heavy atom. The molecule has 1 atom stereocenters. The molecule has 4 aromatic rings. The Balaban J connectivity index is 1.45. The van der Waals surface area contributed by atoms with Crippen LogP contribution >= 0.6 is 0 Å². The van der Waals surface area contributed by atoms with Crippen LogP contribution in [0.2, 0.25) is 0 Å². The van der Waals surface area contributed by atoms with Gasteiger partial charge in [-0.25, -0.2) is 9.78 Å². The van der Waals surface area contributed by atoms with Gasteiger partial charge in [-0.15, -0.1) is 0 Å². The lowest BCUT2D eigenvalue weighted by Gasteiger charge is -2.18. The number of hydrogen-bond acceptors (Lipinski definition) is 6. The lowest BCUT2D eigenvalue weighted by molar-refractivity contribution is 0.168. The number of carbonyl (C=O) groups excluding carboxylic acids is 1. The molecule has 0 radical (unpaired) electrons. The summed E-state index contributed by atoms with van der Waals surface area (Å²) in [6.45, 7) is 0.355. The number of anilines is 3. The largest absolute Gasteiger partial charge is 0.382 e. The third kappa shape index (κ3) is 4.39. The standard InChI is InChI=1S/C20H22N8O2/c1-28-11-14(9-22-28)23-19-15-10-21-18(8-16(15)26-27-19)25-20(29)24-17(12-30-2)13-6-4-3-5-7-13/h3-11,17H,12H2,1-2H3,(H2,23,26,27)(H2,21,24,25,29)/t17-/m1/s1. The van der Waals surface area contributed by atoms with Crippen molar-refractivity contribution in [2.45, 2.75) is 6.04 Å². The summed E-state index contributed by atoms with van der Waals surface area (Å²) < 4.78 is 6.93. The molecule has 0 saturated heterocycles. The van der Waals surface area contributed by atoms with Crippen LogP contribution in [-0.2, 0) is 11.8 Å². The van der Waals surface area contributed by atoms with Gasteiger partial charge < -0.3 is 15.4 Å². The van der Waals surface area contributed by atoms with Crippen molar-refractivity contribution < 1.29 is 9.53 Å². The van der Waals surface area contributed by atoms with Crippen molar-refractivity contribution >= 4 is 34.3 Å². The molecule has 0 saturated carbocycles. The highest BCUT2D eigenvalue weighted by molar-refractivity contribution is 5.95. The first kappa shape index (κ1) is 19.4. The molecule has 10 heteroatoms. The first-order valence-electron chi connectivity index (χ1n) is 9.33. The number of aromatic amines is 1. The van der Waals surface area contributed by atoms with Crippen molar-refractivity contribution in [3.05, 3.63) is 60.6 Å². The lowest BCUT2D eigenvalue weighted by atomic mass is 10.1. The molecule has 3 aromatic heterocycles. The fraction of sp³-hybridized carbons (Fsp3) is 0.200. The van der Waals surface area contributed by atoms with Crippen LogP contribution in [0.1, 0.15) is 11.6 Å². The fourth-order valence-electron chi connectivity index (χ4n) is 3.08. The lowest BCUT2D eigenvalue weighted by Crippen LogP contribution is -2.35. The zero-order chi connectivity index (χ0) is 20.9. The maximum absolute atomic E-state index is 12.5. The number of urea groups is 1. The van der Waals surface area contributed by atoms with E-state index in [9.17, 15) is 4.79 Å². The molecular weight excluding hydrogens is 384 g/mol. The highest BCUT2D eigenvalue weighted by atomic mass is 16.5. The van der Waals surface area contributed by atoms with Gasteiger partial charge in [0.05, 0.1) is 35.4 Å². The predicted octanol–water partition coefficient (Wildman–Crippen LogP) is 2.94. The van der Waals surface area contributed by atoms with Crippen molar-refractivity contribution in [1.82, 2.24) is 30.3 Å². The Bertz CT molecular complexity index is 1140. The molecular formula is C20H22N8O2. The zero-order valence-electron chi connectivity index (χ0n) is 16.6. The van der Waals surface area contributed by atoms with E-state index in [0.29, 0.717) is 18.2 Å². The van der Waals surface area contributed by atoms with Crippen LogP contribution in [-0.4, -0.2) is 44.7 Å². The van der Waals surface area contributed by atoms with Gasteiger partial charge >= 0.3 is 6.03 Å². The topological polar surface area (TPSA) is 122 Å². The molecule has 4 rings (SSSR count). The molecule has 0 spiro atoms.